The lowest BCUT2D eigenvalue weighted by atomic mass is 9.95. The number of hydrogen-bond acceptors (Lipinski definition) is 3. The fourth-order valence-corrected chi connectivity index (χ4v) is 2.94. The van der Waals surface area contributed by atoms with Gasteiger partial charge in [-0.1, -0.05) is 30.3 Å². The van der Waals surface area contributed by atoms with Gasteiger partial charge in [-0.05, 0) is 25.3 Å². The number of hydrogen-bond donors (Lipinski definition) is 2. The molecule has 0 radical (unpaired) electrons. The molecule has 1 aliphatic heterocycles. The molecule has 3 atom stereocenters. The lowest BCUT2D eigenvalue weighted by Crippen LogP contribution is -2.45. The third-order valence-electron chi connectivity index (χ3n) is 4.47. The maximum atomic E-state index is 12.1. The smallest absolute Gasteiger partial charge is 0.237 e. The third kappa shape index (κ3) is 2.86. The summed E-state index contributed by atoms with van der Waals surface area (Å²) in [6.45, 7) is 3.64. The minimum atomic E-state index is -0.0876. The van der Waals surface area contributed by atoms with Gasteiger partial charge in [0.1, 0.15) is 0 Å². The van der Waals surface area contributed by atoms with Gasteiger partial charge >= 0.3 is 0 Å². The molecule has 1 saturated carbocycles. The molecule has 20 heavy (non-hydrogen) atoms. The topological polar surface area (TPSA) is 58.4 Å². The number of nitrogens with two attached hydrogens (primary N) is 1. The van der Waals surface area contributed by atoms with Crippen LogP contribution >= 0.6 is 0 Å². The van der Waals surface area contributed by atoms with Crippen molar-refractivity contribution in [3.63, 3.8) is 0 Å². The van der Waals surface area contributed by atoms with Gasteiger partial charge < -0.3 is 11.1 Å². The molecular formula is C16H23N3O. The average Bonchev–Trinajstić information content (AvgIpc) is 3.19. The minimum absolute atomic E-state index is 0.0876. The second kappa shape index (κ2) is 5.54. The normalized spacial score (nSPS) is 28.3. The van der Waals surface area contributed by atoms with E-state index < -0.39 is 0 Å². The zero-order valence-corrected chi connectivity index (χ0v) is 12.0. The molecule has 1 amide bonds. The third-order valence-corrected chi connectivity index (χ3v) is 4.47. The van der Waals surface area contributed by atoms with Crippen LogP contribution in [0.3, 0.4) is 0 Å². The Morgan fingerprint density at radius 1 is 1.30 bits per heavy atom. The Kier molecular flexibility index (Phi) is 3.76. The zero-order valence-electron chi connectivity index (χ0n) is 12.0. The number of benzene rings is 1. The standard InChI is InChI=1S/C16H23N3O/c1-11(16(20)18-13-7-8-13)19-9-14(15(17)10-19)12-5-3-2-4-6-12/h2-6,11,13-15H,7-10,17H2,1H3,(H,18,20)/t11?,14-,15+/m0/s1. The van der Waals surface area contributed by atoms with E-state index >= 15 is 0 Å². The van der Waals surface area contributed by atoms with Crippen molar-refractivity contribution in [1.29, 1.82) is 0 Å². The van der Waals surface area contributed by atoms with Crippen molar-refractivity contribution in [3.05, 3.63) is 35.9 Å². The molecule has 108 valence electrons. The maximum Gasteiger partial charge on any atom is 0.237 e. The van der Waals surface area contributed by atoms with Gasteiger partial charge in [0.05, 0.1) is 6.04 Å². The zero-order chi connectivity index (χ0) is 14.1. The second-order valence-corrected chi connectivity index (χ2v) is 6.09. The number of amides is 1. The van der Waals surface area contributed by atoms with E-state index in [1.165, 1.54) is 5.56 Å². The van der Waals surface area contributed by atoms with Gasteiger partial charge in [0.25, 0.3) is 0 Å². The summed E-state index contributed by atoms with van der Waals surface area (Å²) < 4.78 is 0. The van der Waals surface area contributed by atoms with Crippen LogP contribution in [-0.4, -0.2) is 42.0 Å². The quantitative estimate of drug-likeness (QED) is 0.863. The lowest BCUT2D eigenvalue weighted by Gasteiger charge is -2.23. The van der Waals surface area contributed by atoms with Gasteiger partial charge in [-0.25, -0.2) is 0 Å². The maximum absolute atomic E-state index is 12.1. The first-order chi connectivity index (χ1) is 9.65. The molecule has 0 spiro atoms. The summed E-state index contributed by atoms with van der Waals surface area (Å²) in [6, 6.07) is 10.8. The lowest BCUT2D eigenvalue weighted by molar-refractivity contribution is -0.125. The summed E-state index contributed by atoms with van der Waals surface area (Å²) in [5.74, 6) is 0.473. The molecule has 4 nitrogen and oxygen atoms in total. The molecule has 0 bridgehead atoms. The molecule has 4 heteroatoms. The van der Waals surface area contributed by atoms with E-state index in [1.54, 1.807) is 0 Å². The van der Waals surface area contributed by atoms with Crippen LogP contribution in [0.2, 0.25) is 0 Å². The largest absolute Gasteiger partial charge is 0.352 e. The fraction of sp³-hybridized carbons (Fsp3) is 0.562. The van der Waals surface area contributed by atoms with E-state index in [1.807, 2.05) is 25.1 Å². The first kappa shape index (κ1) is 13.6. The number of rotatable bonds is 4. The van der Waals surface area contributed by atoms with Gasteiger partial charge in [-0.15, -0.1) is 0 Å². The van der Waals surface area contributed by atoms with Crippen LogP contribution in [0, 0.1) is 0 Å². The van der Waals surface area contributed by atoms with Gasteiger partial charge in [0, 0.05) is 31.1 Å². The summed E-state index contributed by atoms with van der Waals surface area (Å²) >= 11 is 0. The van der Waals surface area contributed by atoms with Crippen molar-refractivity contribution in [2.45, 2.75) is 43.8 Å². The first-order valence-electron chi connectivity index (χ1n) is 7.50. The van der Waals surface area contributed by atoms with Crippen molar-refractivity contribution in [1.82, 2.24) is 10.2 Å². The molecule has 1 saturated heterocycles. The Bertz CT molecular complexity index is 472. The van der Waals surface area contributed by atoms with Crippen LogP contribution in [0.1, 0.15) is 31.2 Å². The molecule has 0 aromatic heterocycles. The summed E-state index contributed by atoms with van der Waals surface area (Å²) in [5.41, 5.74) is 7.55. The average molecular weight is 273 g/mol. The van der Waals surface area contributed by atoms with Crippen LogP contribution in [-0.2, 0) is 4.79 Å². The highest BCUT2D eigenvalue weighted by Crippen LogP contribution is 2.28. The minimum Gasteiger partial charge on any atom is -0.352 e. The Hall–Kier alpha value is -1.39. The van der Waals surface area contributed by atoms with Crippen molar-refractivity contribution < 1.29 is 4.79 Å². The van der Waals surface area contributed by atoms with Crippen LogP contribution < -0.4 is 11.1 Å². The summed E-state index contributed by atoms with van der Waals surface area (Å²) in [4.78, 5) is 14.3. The van der Waals surface area contributed by atoms with Crippen molar-refractivity contribution >= 4 is 5.91 Å². The molecule has 3 rings (SSSR count). The van der Waals surface area contributed by atoms with E-state index in [0.29, 0.717) is 12.0 Å². The van der Waals surface area contributed by atoms with Gasteiger partial charge in [0.2, 0.25) is 5.91 Å². The Morgan fingerprint density at radius 2 is 2.00 bits per heavy atom. The predicted molar refractivity (Wildman–Crippen MR) is 79.4 cm³/mol. The number of likely N-dealkylation sites (tertiary alicyclic amines) is 1. The summed E-state index contributed by atoms with van der Waals surface area (Å²) in [7, 11) is 0. The van der Waals surface area contributed by atoms with Gasteiger partial charge in [-0.3, -0.25) is 9.69 Å². The first-order valence-corrected chi connectivity index (χ1v) is 7.50. The number of carbonyl (C=O) groups excluding carboxylic acids is 1. The number of carbonyl (C=O) groups is 1. The molecule has 1 aromatic carbocycles. The van der Waals surface area contributed by atoms with E-state index in [9.17, 15) is 4.79 Å². The number of nitrogens with one attached hydrogen (secondary N) is 1. The van der Waals surface area contributed by atoms with E-state index in [0.717, 1.165) is 25.9 Å². The van der Waals surface area contributed by atoms with E-state index in [-0.39, 0.29) is 18.0 Å². The number of nitrogens with zero attached hydrogens (tertiary/aromatic N) is 1. The Morgan fingerprint density at radius 3 is 2.65 bits per heavy atom. The van der Waals surface area contributed by atoms with Crippen LogP contribution in [0.15, 0.2) is 30.3 Å². The highest BCUT2D eigenvalue weighted by molar-refractivity contribution is 5.82. The Balaban J connectivity index is 1.63. The van der Waals surface area contributed by atoms with Crippen LogP contribution in [0.5, 0.6) is 0 Å². The highest BCUT2D eigenvalue weighted by atomic mass is 16.2. The molecule has 1 heterocycles. The molecule has 1 aliphatic carbocycles. The molecule has 1 unspecified atom stereocenters. The van der Waals surface area contributed by atoms with Crippen molar-refractivity contribution in [2.24, 2.45) is 5.73 Å². The molecular weight excluding hydrogens is 250 g/mol. The molecule has 3 N–H and O–H groups in total. The predicted octanol–water partition coefficient (Wildman–Crippen LogP) is 1.08. The molecule has 1 aromatic rings. The van der Waals surface area contributed by atoms with E-state index in [4.69, 9.17) is 5.73 Å². The van der Waals surface area contributed by atoms with Gasteiger partial charge in [0.15, 0.2) is 0 Å². The second-order valence-electron chi connectivity index (χ2n) is 6.09. The monoisotopic (exact) mass is 273 g/mol. The highest BCUT2D eigenvalue weighted by Gasteiger charge is 2.36. The van der Waals surface area contributed by atoms with E-state index in [2.05, 4.69) is 22.3 Å². The molecule has 2 aliphatic rings. The summed E-state index contributed by atoms with van der Waals surface area (Å²) in [5, 5.41) is 3.08. The summed E-state index contributed by atoms with van der Waals surface area (Å²) in [6.07, 6.45) is 2.26. The SMILES string of the molecule is CC(C(=O)NC1CC1)N1C[C@@H](N)[C@H](c2ccccc2)C1. The van der Waals surface area contributed by atoms with Gasteiger partial charge in [-0.2, -0.15) is 0 Å². The van der Waals surface area contributed by atoms with Crippen LogP contribution in [0.25, 0.3) is 0 Å². The molecule has 2 fully saturated rings. The fourth-order valence-electron chi connectivity index (χ4n) is 2.94. The van der Waals surface area contributed by atoms with Crippen LogP contribution in [0.4, 0.5) is 0 Å². The van der Waals surface area contributed by atoms with Crippen molar-refractivity contribution in [3.8, 4) is 0 Å². The van der Waals surface area contributed by atoms with Crippen molar-refractivity contribution in [2.75, 3.05) is 13.1 Å². The Labute approximate surface area is 120 Å².